The monoisotopic (exact) mass is 336 g/mol. The summed E-state index contributed by atoms with van der Waals surface area (Å²) in [6.07, 6.45) is 8.74. The van der Waals surface area contributed by atoms with Gasteiger partial charge in [0.05, 0.1) is 11.8 Å². The summed E-state index contributed by atoms with van der Waals surface area (Å²) in [4.78, 5) is 17.2. The highest BCUT2D eigenvalue weighted by Crippen LogP contribution is 2.24. The number of ketones is 1. The molecule has 0 atom stereocenters. The second-order valence-electron chi connectivity index (χ2n) is 6.25. The normalized spacial score (nSPS) is 17.6. The molecule has 128 valence electrons. The van der Waals surface area contributed by atoms with Gasteiger partial charge in [-0.3, -0.25) is 4.79 Å². The lowest BCUT2D eigenvalue weighted by Crippen LogP contribution is -2.17. The summed E-state index contributed by atoms with van der Waals surface area (Å²) in [6.45, 7) is 4.01. The van der Waals surface area contributed by atoms with Crippen LogP contribution in [0.3, 0.4) is 0 Å². The molecule has 2 aliphatic rings. The van der Waals surface area contributed by atoms with Crippen LogP contribution in [-0.4, -0.2) is 27.4 Å². The molecule has 0 aliphatic carbocycles. The molecule has 2 aliphatic heterocycles. The summed E-state index contributed by atoms with van der Waals surface area (Å²) in [5, 5.41) is 14.0. The molecule has 7 heteroatoms. The second kappa shape index (κ2) is 6.08. The molecule has 4 bridgehead atoms. The number of nitrogens with one attached hydrogen (secondary N) is 3. The average Bonchev–Trinajstić information content (AvgIpc) is 3.00. The fourth-order valence-electron chi connectivity index (χ4n) is 3.19. The SMILES string of the molecule is C=C1C=C2C=C(CCCCC(=O)c3cnn4c(NC)cc(nc34)N2)N1. The standard InChI is InChI=1S/C18H20N6O/c1-11-7-13-8-12(21-11)5-3-4-6-15(25)14-10-20-24-17(19-2)9-16(22-13)23-18(14)24/h7-10,19,21H,1,3-6H2,2H3,(H,22,23). The Morgan fingerprint density at radius 2 is 2.08 bits per heavy atom. The van der Waals surface area contributed by atoms with Gasteiger partial charge in [-0.15, -0.1) is 0 Å². The van der Waals surface area contributed by atoms with Crippen LogP contribution in [0, 0.1) is 0 Å². The first-order valence-electron chi connectivity index (χ1n) is 8.39. The van der Waals surface area contributed by atoms with E-state index in [-0.39, 0.29) is 5.78 Å². The van der Waals surface area contributed by atoms with Gasteiger partial charge < -0.3 is 16.0 Å². The van der Waals surface area contributed by atoms with E-state index in [1.54, 1.807) is 10.7 Å². The molecule has 0 saturated carbocycles. The molecule has 0 saturated heterocycles. The third-order valence-electron chi connectivity index (χ3n) is 4.38. The maximum Gasteiger partial charge on any atom is 0.170 e. The summed E-state index contributed by atoms with van der Waals surface area (Å²) in [5.41, 5.74) is 3.99. The van der Waals surface area contributed by atoms with Crippen molar-refractivity contribution in [3.63, 3.8) is 0 Å². The lowest BCUT2D eigenvalue weighted by atomic mass is 10.0. The zero-order valence-corrected chi connectivity index (χ0v) is 14.1. The predicted molar refractivity (Wildman–Crippen MR) is 97.4 cm³/mol. The van der Waals surface area contributed by atoms with Gasteiger partial charge in [0.2, 0.25) is 0 Å². The lowest BCUT2D eigenvalue weighted by molar-refractivity contribution is 0.0980. The molecule has 0 radical (unpaired) electrons. The Labute approximate surface area is 145 Å². The molecular weight excluding hydrogens is 316 g/mol. The Morgan fingerprint density at radius 1 is 1.24 bits per heavy atom. The predicted octanol–water partition coefficient (Wildman–Crippen LogP) is 2.82. The molecule has 4 heterocycles. The van der Waals surface area contributed by atoms with Crippen molar-refractivity contribution in [2.45, 2.75) is 25.7 Å². The van der Waals surface area contributed by atoms with Crippen molar-refractivity contribution in [2.24, 2.45) is 0 Å². The third-order valence-corrected chi connectivity index (χ3v) is 4.38. The molecular formula is C18H20N6O. The van der Waals surface area contributed by atoms with Crippen molar-refractivity contribution in [1.29, 1.82) is 0 Å². The first kappa shape index (κ1) is 15.4. The first-order valence-corrected chi connectivity index (χ1v) is 8.39. The number of nitrogens with zero attached hydrogens (tertiary/aromatic N) is 3. The highest BCUT2D eigenvalue weighted by molar-refractivity contribution is 6.01. The van der Waals surface area contributed by atoms with Gasteiger partial charge in [-0.05, 0) is 31.4 Å². The van der Waals surface area contributed by atoms with E-state index < -0.39 is 0 Å². The van der Waals surface area contributed by atoms with Gasteiger partial charge in [-0.25, -0.2) is 4.98 Å². The molecule has 2 aromatic rings. The van der Waals surface area contributed by atoms with E-state index in [0.717, 1.165) is 42.2 Å². The van der Waals surface area contributed by atoms with E-state index in [0.29, 0.717) is 23.4 Å². The zero-order valence-electron chi connectivity index (χ0n) is 14.1. The Hall–Kier alpha value is -3.09. The van der Waals surface area contributed by atoms with Gasteiger partial charge >= 0.3 is 0 Å². The molecule has 3 N–H and O–H groups in total. The van der Waals surface area contributed by atoms with Crippen LogP contribution in [0.1, 0.15) is 36.0 Å². The van der Waals surface area contributed by atoms with Crippen molar-refractivity contribution in [3.8, 4) is 0 Å². The number of rotatable bonds is 1. The average molecular weight is 336 g/mol. The van der Waals surface area contributed by atoms with Gasteiger partial charge in [0.1, 0.15) is 11.6 Å². The summed E-state index contributed by atoms with van der Waals surface area (Å²) in [6, 6.07) is 1.87. The number of carbonyl (C=O) groups excluding carboxylic acids is 1. The number of anilines is 2. The Morgan fingerprint density at radius 3 is 2.92 bits per heavy atom. The van der Waals surface area contributed by atoms with Crippen molar-refractivity contribution >= 4 is 23.1 Å². The van der Waals surface area contributed by atoms with Gasteiger partial charge in [0.15, 0.2) is 11.4 Å². The van der Waals surface area contributed by atoms with Crippen molar-refractivity contribution in [1.82, 2.24) is 19.9 Å². The van der Waals surface area contributed by atoms with E-state index in [4.69, 9.17) is 0 Å². The van der Waals surface area contributed by atoms with Crippen LogP contribution in [0.15, 0.2) is 48.1 Å². The fourth-order valence-corrected chi connectivity index (χ4v) is 3.19. The first-order chi connectivity index (χ1) is 12.1. The van der Waals surface area contributed by atoms with E-state index >= 15 is 0 Å². The highest BCUT2D eigenvalue weighted by atomic mass is 16.1. The third kappa shape index (κ3) is 2.88. The minimum atomic E-state index is 0.0782. The number of aromatic nitrogens is 3. The smallest absolute Gasteiger partial charge is 0.170 e. The number of allylic oxidation sites excluding steroid dienone is 3. The minimum absolute atomic E-state index is 0.0782. The summed E-state index contributed by atoms with van der Waals surface area (Å²) in [7, 11) is 1.82. The zero-order chi connectivity index (χ0) is 17.4. The molecule has 0 fully saturated rings. The van der Waals surface area contributed by atoms with E-state index in [2.05, 4.69) is 38.7 Å². The van der Waals surface area contributed by atoms with E-state index in [9.17, 15) is 4.79 Å². The molecule has 0 amide bonds. The van der Waals surface area contributed by atoms with E-state index in [1.165, 1.54) is 0 Å². The maximum absolute atomic E-state index is 12.6. The molecule has 7 nitrogen and oxygen atoms in total. The minimum Gasteiger partial charge on any atom is -0.373 e. The number of fused-ring (bicyclic) bond motifs is 2. The van der Waals surface area contributed by atoms with Crippen molar-refractivity contribution in [2.75, 3.05) is 17.7 Å². The number of dihydropyridines is 1. The fraction of sp³-hybridized carbons (Fsp3) is 0.278. The molecule has 2 aromatic heterocycles. The molecule has 0 aromatic carbocycles. The molecule has 0 spiro atoms. The molecule has 25 heavy (non-hydrogen) atoms. The van der Waals surface area contributed by atoms with Crippen LogP contribution >= 0.6 is 0 Å². The van der Waals surface area contributed by atoms with Crippen molar-refractivity contribution in [3.05, 3.63) is 53.6 Å². The van der Waals surface area contributed by atoms with Crippen LogP contribution in [0.2, 0.25) is 0 Å². The van der Waals surface area contributed by atoms with Crippen LogP contribution < -0.4 is 16.0 Å². The topological polar surface area (TPSA) is 83.4 Å². The van der Waals surface area contributed by atoms with Gasteiger partial charge in [-0.2, -0.15) is 9.61 Å². The summed E-state index contributed by atoms with van der Waals surface area (Å²) in [5.74, 6) is 1.50. The summed E-state index contributed by atoms with van der Waals surface area (Å²) >= 11 is 0. The largest absolute Gasteiger partial charge is 0.373 e. The number of hydrogen-bond donors (Lipinski definition) is 3. The number of Topliss-reactive ketones (excluding diaryl/α,β-unsaturated/α-hetero) is 1. The van der Waals surface area contributed by atoms with Crippen LogP contribution in [-0.2, 0) is 0 Å². The maximum atomic E-state index is 12.6. The van der Waals surface area contributed by atoms with Crippen LogP contribution in [0.4, 0.5) is 11.6 Å². The van der Waals surface area contributed by atoms with E-state index in [1.807, 2.05) is 19.2 Å². The lowest BCUT2D eigenvalue weighted by Gasteiger charge is -2.19. The second-order valence-corrected chi connectivity index (χ2v) is 6.25. The van der Waals surface area contributed by atoms with Gasteiger partial charge in [-0.1, -0.05) is 6.58 Å². The molecule has 4 rings (SSSR count). The molecule has 0 unspecified atom stereocenters. The highest BCUT2D eigenvalue weighted by Gasteiger charge is 2.18. The van der Waals surface area contributed by atoms with Gasteiger partial charge in [0, 0.05) is 36.6 Å². The summed E-state index contributed by atoms with van der Waals surface area (Å²) < 4.78 is 1.66. The number of hydrogen-bond acceptors (Lipinski definition) is 6. The van der Waals surface area contributed by atoms with Crippen molar-refractivity contribution < 1.29 is 4.79 Å². The van der Waals surface area contributed by atoms with Gasteiger partial charge in [0.25, 0.3) is 0 Å². The van der Waals surface area contributed by atoms with Crippen LogP contribution in [0.5, 0.6) is 0 Å². The van der Waals surface area contributed by atoms with Crippen LogP contribution in [0.25, 0.3) is 5.65 Å². The Bertz CT molecular complexity index is 936. The quantitative estimate of drug-likeness (QED) is 0.743. The Balaban J connectivity index is 1.86. The Kier molecular flexibility index (Phi) is 3.76. The number of carbonyl (C=O) groups is 1.